The van der Waals surface area contributed by atoms with Crippen molar-refractivity contribution >= 4 is 16.7 Å². The van der Waals surface area contributed by atoms with Crippen LogP contribution in [0.15, 0.2) is 60.7 Å². The van der Waals surface area contributed by atoms with Crippen molar-refractivity contribution in [3.63, 3.8) is 0 Å². The lowest BCUT2D eigenvalue weighted by atomic mass is 9.84. The third-order valence-corrected chi connectivity index (χ3v) is 5.99. The van der Waals surface area contributed by atoms with Crippen LogP contribution < -0.4 is 4.74 Å². The summed E-state index contributed by atoms with van der Waals surface area (Å²) in [6.07, 6.45) is 4.74. The van der Waals surface area contributed by atoms with Gasteiger partial charge in [-0.2, -0.15) is 0 Å². The highest BCUT2D eigenvalue weighted by molar-refractivity contribution is 5.91. The molecule has 4 rings (SSSR count). The lowest BCUT2D eigenvalue weighted by Crippen LogP contribution is -2.41. The molecule has 0 radical (unpaired) electrons. The highest BCUT2D eigenvalue weighted by Gasteiger charge is 2.25. The molecule has 0 fully saturated rings. The molecule has 0 aromatic heterocycles. The average Bonchev–Trinajstić information content (AvgIpc) is 2.74. The summed E-state index contributed by atoms with van der Waals surface area (Å²) in [5.74, 6) is 0.448. The maximum atomic E-state index is 12.5. The summed E-state index contributed by atoms with van der Waals surface area (Å²) in [5.41, 5.74) is 3.69. The molecule has 0 amide bonds. The quantitative estimate of drug-likeness (QED) is 0.365. The number of hydrogen-bond donors (Lipinski definition) is 0. The number of ether oxygens (including phenoxy) is 1. The normalized spacial score (nSPS) is 15.5. The molecule has 3 nitrogen and oxygen atoms in total. The van der Waals surface area contributed by atoms with E-state index in [1.165, 1.54) is 34.7 Å². The number of nitrogens with zero attached hydrogens (tertiary/aromatic N) is 1. The van der Waals surface area contributed by atoms with Crippen molar-refractivity contribution in [1.82, 2.24) is 4.90 Å². The van der Waals surface area contributed by atoms with Crippen LogP contribution in [0.1, 0.15) is 43.4 Å². The fourth-order valence-corrected chi connectivity index (χ4v) is 4.78. The zero-order valence-electron chi connectivity index (χ0n) is 18.1. The molecule has 1 atom stereocenters. The van der Waals surface area contributed by atoms with Crippen LogP contribution >= 0.6 is 0 Å². The van der Waals surface area contributed by atoms with E-state index < -0.39 is 0 Å². The Morgan fingerprint density at radius 3 is 2.40 bits per heavy atom. The van der Waals surface area contributed by atoms with Crippen molar-refractivity contribution in [2.24, 2.45) is 0 Å². The Bertz CT molecular complexity index is 1010. The molecular weight excluding hydrogens is 370 g/mol. The SMILES string of the molecule is CCCN(CCC)C1Cc2cccc3cc(OC(=O)Cc4ccccc4)cc(c23)C1. The van der Waals surface area contributed by atoms with Gasteiger partial charge in [-0.05, 0) is 78.4 Å². The summed E-state index contributed by atoms with van der Waals surface area (Å²) in [6, 6.07) is 20.9. The Morgan fingerprint density at radius 1 is 0.933 bits per heavy atom. The molecule has 30 heavy (non-hydrogen) atoms. The van der Waals surface area contributed by atoms with E-state index in [2.05, 4.69) is 43.0 Å². The molecule has 3 aromatic rings. The van der Waals surface area contributed by atoms with E-state index in [1.54, 1.807) is 0 Å². The fourth-order valence-electron chi connectivity index (χ4n) is 4.78. The van der Waals surface area contributed by atoms with Crippen molar-refractivity contribution in [3.8, 4) is 5.75 Å². The molecule has 0 N–H and O–H groups in total. The van der Waals surface area contributed by atoms with E-state index >= 15 is 0 Å². The van der Waals surface area contributed by atoms with Gasteiger partial charge in [-0.25, -0.2) is 0 Å². The molecule has 1 aliphatic rings. The maximum Gasteiger partial charge on any atom is 0.315 e. The van der Waals surface area contributed by atoms with E-state index in [4.69, 9.17) is 4.74 Å². The van der Waals surface area contributed by atoms with Gasteiger partial charge in [0.05, 0.1) is 6.42 Å². The average molecular weight is 402 g/mol. The van der Waals surface area contributed by atoms with E-state index in [0.717, 1.165) is 31.5 Å². The second-order valence-electron chi connectivity index (χ2n) is 8.33. The van der Waals surface area contributed by atoms with Crippen LogP contribution in [0.3, 0.4) is 0 Å². The Kier molecular flexibility index (Phi) is 6.49. The van der Waals surface area contributed by atoms with Gasteiger partial charge in [0, 0.05) is 6.04 Å². The van der Waals surface area contributed by atoms with Gasteiger partial charge in [-0.15, -0.1) is 0 Å². The van der Waals surface area contributed by atoms with Gasteiger partial charge in [0.25, 0.3) is 0 Å². The van der Waals surface area contributed by atoms with Crippen LogP contribution in [0.25, 0.3) is 10.8 Å². The standard InChI is InChI=1S/C27H31NO2/c1-3-13-28(14-4-2)24-16-21-11-8-12-22-18-25(19-23(17-24)27(21)22)30-26(29)15-20-9-6-5-7-10-20/h5-12,18-19,24H,3-4,13-17H2,1-2H3. The van der Waals surface area contributed by atoms with Crippen LogP contribution in [0, 0.1) is 0 Å². The summed E-state index contributed by atoms with van der Waals surface area (Å²) in [6.45, 7) is 6.78. The van der Waals surface area contributed by atoms with Gasteiger partial charge in [0.15, 0.2) is 0 Å². The molecule has 0 bridgehead atoms. The molecule has 3 aromatic carbocycles. The monoisotopic (exact) mass is 401 g/mol. The number of carbonyl (C=O) groups excluding carboxylic acids is 1. The van der Waals surface area contributed by atoms with Crippen LogP contribution in [-0.4, -0.2) is 30.0 Å². The Morgan fingerprint density at radius 2 is 1.67 bits per heavy atom. The molecule has 3 heteroatoms. The van der Waals surface area contributed by atoms with Crippen LogP contribution in [0.5, 0.6) is 5.75 Å². The number of benzene rings is 3. The molecule has 0 saturated carbocycles. The maximum absolute atomic E-state index is 12.5. The number of esters is 1. The highest BCUT2D eigenvalue weighted by Crippen LogP contribution is 2.35. The summed E-state index contributed by atoms with van der Waals surface area (Å²) in [5, 5.41) is 2.52. The van der Waals surface area contributed by atoms with Crippen LogP contribution in [0.2, 0.25) is 0 Å². The van der Waals surface area contributed by atoms with Gasteiger partial charge in [0.2, 0.25) is 0 Å². The smallest absolute Gasteiger partial charge is 0.315 e. The van der Waals surface area contributed by atoms with E-state index in [-0.39, 0.29) is 12.4 Å². The first kappa shape index (κ1) is 20.6. The molecule has 1 aliphatic carbocycles. The zero-order valence-corrected chi connectivity index (χ0v) is 18.1. The predicted molar refractivity (Wildman–Crippen MR) is 123 cm³/mol. The minimum absolute atomic E-state index is 0.213. The minimum atomic E-state index is -0.213. The fraction of sp³-hybridized carbons (Fsp3) is 0.370. The van der Waals surface area contributed by atoms with Crippen LogP contribution in [0.4, 0.5) is 0 Å². The number of carbonyl (C=O) groups is 1. The van der Waals surface area contributed by atoms with E-state index in [0.29, 0.717) is 11.8 Å². The van der Waals surface area contributed by atoms with Crippen molar-refractivity contribution in [3.05, 3.63) is 77.4 Å². The van der Waals surface area contributed by atoms with Gasteiger partial charge < -0.3 is 4.74 Å². The number of rotatable bonds is 8. The lowest BCUT2D eigenvalue weighted by Gasteiger charge is -2.35. The Hall–Kier alpha value is -2.65. The summed E-state index contributed by atoms with van der Waals surface area (Å²) in [4.78, 5) is 15.1. The first-order valence-corrected chi connectivity index (χ1v) is 11.2. The largest absolute Gasteiger partial charge is 0.426 e. The first-order valence-electron chi connectivity index (χ1n) is 11.2. The van der Waals surface area contributed by atoms with E-state index in [1.807, 2.05) is 36.4 Å². The van der Waals surface area contributed by atoms with Gasteiger partial charge >= 0.3 is 5.97 Å². The molecule has 0 saturated heterocycles. The topological polar surface area (TPSA) is 29.5 Å². The lowest BCUT2D eigenvalue weighted by molar-refractivity contribution is -0.133. The second-order valence-corrected chi connectivity index (χ2v) is 8.33. The molecule has 0 heterocycles. The molecular formula is C27H31NO2. The molecule has 156 valence electrons. The summed E-state index contributed by atoms with van der Waals surface area (Å²) in [7, 11) is 0. The minimum Gasteiger partial charge on any atom is -0.426 e. The molecule has 0 aliphatic heterocycles. The van der Waals surface area contributed by atoms with Crippen molar-refractivity contribution in [2.75, 3.05) is 13.1 Å². The van der Waals surface area contributed by atoms with Crippen LogP contribution in [-0.2, 0) is 24.1 Å². The molecule has 1 unspecified atom stereocenters. The Labute approximate surface area is 179 Å². The van der Waals surface area contributed by atoms with Crippen molar-refractivity contribution < 1.29 is 9.53 Å². The van der Waals surface area contributed by atoms with Gasteiger partial charge in [-0.1, -0.05) is 62.4 Å². The third kappa shape index (κ3) is 4.57. The highest BCUT2D eigenvalue weighted by atomic mass is 16.5. The second kappa shape index (κ2) is 9.44. The summed E-state index contributed by atoms with van der Waals surface area (Å²) >= 11 is 0. The number of hydrogen-bond acceptors (Lipinski definition) is 3. The zero-order chi connectivity index (χ0) is 20.9. The first-order chi connectivity index (χ1) is 14.7. The third-order valence-electron chi connectivity index (χ3n) is 5.99. The Balaban J connectivity index is 1.59. The van der Waals surface area contributed by atoms with Crippen molar-refractivity contribution in [2.45, 2.75) is 52.0 Å². The van der Waals surface area contributed by atoms with E-state index in [9.17, 15) is 4.79 Å². The van der Waals surface area contributed by atoms with Gasteiger partial charge in [0.1, 0.15) is 5.75 Å². The van der Waals surface area contributed by atoms with Gasteiger partial charge in [-0.3, -0.25) is 9.69 Å². The van der Waals surface area contributed by atoms with Crippen molar-refractivity contribution in [1.29, 1.82) is 0 Å². The molecule has 0 spiro atoms. The summed E-state index contributed by atoms with van der Waals surface area (Å²) < 4.78 is 5.77. The predicted octanol–water partition coefficient (Wildman–Crippen LogP) is 5.58.